The maximum atomic E-state index is 6.24. The van der Waals surface area contributed by atoms with Gasteiger partial charge in [0.1, 0.15) is 6.10 Å². The molecule has 0 radical (unpaired) electrons. The molecule has 24 heavy (non-hydrogen) atoms. The molecule has 2 aliphatic carbocycles. The highest BCUT2D eigenvalue weighted by molar-refractivity contribution is 5.17. The maximum absolute atomic E-state index is 6.24. The summed E-state index contributed by atoms with van der Waals surface area (Å²) in [5.74, 6) is 0.287. The van der Waals surface area contributed by atoms with Gasteiger partial charge in [0.25, 0.3) is 0 Å². The molecule has 0 aromatic heterocycles. The molecule has 0 spiro atoms. The Balaban J connectivity index is 1.34. The third kappa shape index (κ3) is 3.40. The summed E-state index contributed by atoms with van der Waals surface area (Å²) in [6.45, 7) is 4.09. The van der Waals surface area contributed by atoms with Crippen molar-refractivity contribution in [3.63, 3.8) is 0 Å². The number of rotatable bonds is 8. The fourth-order valence-electron chi connectivity index (χ4n) is 4.94. The van der Waals surface area contributed by atoms with Crippen molar-refractivity contribution < 1.29 is 18.9 Å². The Labute approximate surface area is 146 Å². The van der Waals surface area contributed by atoms with Gasteiger partial charge in [0.05, 0.1) is 19.3 Å². The lowest BCUT2D eigenvalue weighted by atomic mass is 9.84. The Morgan fingerprint density at radius 3 is 2.25 bits per heavy atom. The number of epoxide rings is 2. The van der Waals surface area contributed by atoms with E-state index in [0.717, 1.165) is 18.9 Å². The molecular formula is C20H34O4. The summed E-state index contributed by atoms with van der Waals surface area (Å²) in [4.78, 5) is 0. The smallest absolute Gasteiger partial charge is 0.230 e. The standard InChI is InChI=1S/C20H34O4/c1-2-22-20(18(24-20)13-16-9-5-3-6-10-16)19(15-23-19)14-21-17-11-7-4-8-12-17/h16-18H,2-15H2,1H3. The average Bonchev–Trinajstić information content (AvgIpc) is 3.53. The zero-order chi connectivity index (χ0) is 16.5. The second-order valence-electron chi connectivity index (χ2n) is 8.30. The lowest BCUT2D eigenvalue weighted by Gasteiger charge is -2.27. The van der Waals surface area contributed by atoms with Crippen LogP contribution in [-0.2, 0) is 18.9 Å². The van der Waals surface area contributed by atoms with Gasteiger partial charge in [-0.3, -0.25) is 0 Å². The molecule has 3 atom stereocenters. The van der Waals surface area contributed by atoms with E-state index in [1.807, 2.05) is 0 Å². The second-order valence-corrected chi connectivity index (χ2v) is 8.30. The summed E-state index contributed by atoms with van der Waals surface area (Å²) < 4.78 is 24.5. The first-order valence-electron chi connectivity index (χ1n) is 10.4. The van der Waals surface area contributed by atoms with Crippen LogP contribution >= 0.6 is 0 Å². The quantitative estimate of drug-likeness (QED) is 0.622. The molecule has 4 aliphatic rings. The van der Waals surface area contributed by atoms with E-state index in [2.05, 4.69) is 6.92 Å². The first-order chi connectivity index (χ1) is 11.8. The monoisotopic (exact) mass is 338 g/mol. The summed E-state index contributed by atoms with van der Waals surface area (Å²) in [7, 11) is 0. The molecule has 4 fully saturated rings. The van der Waals surface area contributed by atoms with Crippen LogP contribution in [0.4, 0.5) is 0 Å². The van der Waals surface area contributed by atoms with Crippen molar-refractivity contribution in [2.24, 2.45) is 5.92 Å². The van der Waals surface area contributed by atoms with Gasteiger partial charge >= 0.3 is 0 Å². The zero-order valence-electron chi connectivity index (χ0n) is 15.3. The largest absolute Gasteiger partial charge is 0.375 e. The summed E-state index contributed by atoms with van der Waals surface area (Å²) in [6.07, 6.45) is 15.0. The van der Waals surface area contributed by atoms with E-state index >= 15 is 0 Å². The van der Waals surface area contributed by atoms with E-state index < -0.39 is 5.79 Å². The van der Waals surface area contributed by atoms with Crippen LogP contribution in [-0.4, -0.2) is 43.4 Å². The van der Waals surface area contributed by atoms with Crippen molar-refractivity contribution in [2.45, 2.75) is 101 Å². The molecular weight excluding hydrogens is 304 g/mol. The van der Waals surface area contributed by atoms with Gasteiger partial charge in [-0.2, -0.15) is 0 Å². The third-order valence-corrected chi connectivity index (χ3v) is 6.55. The highest BCUT2D eigenvalue weighted by Gasteiger charge is 2.77. The van der Waals surface area contributed by atoms with Crippen LogP contribution in [0.2, 0.25) is 0 Å². The Bertz CT molecular complexity index is 410. The number of hydrogen-bond acceptors (Lipinski definition) is 4. The molecule has 0 aromatic carbocycles. The number of hydrogen-bond donors (Lipinski definition) is 0. The molecule has 0 aromatic rings. The molecule has 2 aliphatic heterocycles. The van der Waals surface area contributed by atoms with E-state index in [1.165, 1.54) is 64.2 Å². The summed E-state index contributed by atoms with van der Waals surface area (Å²) in [5.41, 5.74) is -0.334. The topological polar surface area (TPSA) is 43.5 Å². The Morgan fingerprint density at radius 1 is 0.958 bits per heavy atom. The second kappa shape index (κ2) is 7.22. The lowest BCUT2D eigenvalue weighted by molar-refractivity contribution is -0.122. The van der Waals surface area contributed by atoms with E-state index in [9.17, 15) is 0 Å². The molecule has 0 N–H and O–H groups in total. The van der Waals surface area contributed by atoms with Gasteiger partial charge in [0.15, 0.2) is 5.60 Å². The minimum absolute atomic E-state index is 0.206. The molecule has 0 bridgehead atoms. The van der Waals surface area contributed by atoms with Gasteiger partial charge in [-0.1, -0.05) is 51.4 Å². The van der Waals surface area contributed by atoms with Crippen molar-refractivity contribution in [3.8, 4) is 0 Å². The first kappa shape index (κ1) is 17.3. The molecule has 2 heterocycles. The molecule has 2 saturated heterocycles. The molecule has 0 amide bonds. The van der Waals surface area contributed by atoms with Crippen LogP contribution in [0.15, 0.2) is 0 Å². The van der Waals surface area contributed by atoms with E-state index in [4.69, 9.17) is 18.9 Å². The van der Waals surface area contributed by atoms with Crippen LogP contribution < -0.4 is 0 Å². The van der Waals surface area contributed by atoms with Gasteiger partial charge in [-0.05, 0) is 32.1 Å². The molecule has 4 nitrogen and oxygen atoms in total. The fourth-order valence-corrected chi connectivity index (χ4v) is 4.94. The summed E-state index contributed by atoms with van der Waals surface area (Å²) in [5, 5.41) is 0. The van der Waals surface area contributed by atoms with Gasteiger partial charge < -0.3 is 18.9 Å². The van der Waals surface area contributed by atoms with Crippen molar-refractivity contribution in [1.82, 2.24) is 0 Å². The van der Waals surface area contributed by atoms with Crippen molar-refractivity contribution in [2.75, 3.05) is 19.8 Å². The summed E-state index contributed by atoms with van der Waals surface area (Å²) >= 11 is 0. The highest BCUT2D eigenvalue weighted by atomic mass is 16.8. The van der Waals surface area contributed by atoms with Crippen LogP contribution in [0.1, 0.15) is 77.6 Å². The summed E-state index contributed by atoms with van der Waals surface area (Å²) in [6, 6.07) is 0. The Morgan fingerprint density at radius 2 is 1.62 bits per heavy atom. The van der Waals surface area contributed by atoms with Gasteiger partial charge in [-0.25, -0.2) is 0 Å². The zero-order valence-corrected chi connectivity index (χ0v) is 15.3. The van der Waals surface area contributed by atoms with Gasteiger partial charge in [0.2, 0.25) is 5.79 Å². The normalized spacial score (nSPS) is 40.6. The maximum Gasteiger partial charge on any atom is 0.230 e. The molecule has 4 rings (SSSR count). The minimum Gasteiger partial charge on any atom is -0.375 e. The van der Waals surface area contributed by atoms with Crippen LogP contribution in [0, 0.1) is 5.92 Å². The molecule has 2 saturated carbocycles. The average molecular weight is 338 g/mol. The Kier molecular flexibility index (Phi) is 5.19. The van der Waals surface area contributed by atoms with E-state index in [0.29, 0.717) is 19.3 Å². The van der Waals surface area contributed by atoms with Crippen LogP contribution in [0.25, 0.3) is 0 Å². The third-order valence-electron chi connectivity index (χ3n) is 6.55. The van der Waals surface area contributed by atoms with E-state index in [1.54, 1.807) is 0 Å². The van der Waals surface area contributed by atoms with Gasteiger partial charge in [0, 0.05) is 6.61 Å². The van der Waals surface area contributed by atoms with Gasteiger partial charge in [-0.15, -0.1) is 0 Å². The Hall–Kier alpha value is -0.160. The number of ether oxygens (including phenoxy) is 4. The van der Waals surface area contributed by atoms with Crippen LogP contribution in [0.3, 0.4) is 0 Å². The molecule has 3 unspecified atom stereocenters. The van der Waals surface area contributed by atoms with E-state index in [-0.39, 0.29) is 11.7 Å². The fraction of sp³-hybridized carbons (Fsp3) is 1.00. The van der Waals surface area contributed by atoms with Crippen molar-refractivity contribution in [1.29, 1.82) is 0 Å². The lowest BCUT2D eigenvalue weighted by Crippen LogP contribution is -2.44. The van der Waals surface area contributed by atoms with Crippen molar-refractivity contribution in [3.05, 3.63) is 0 Å². The SMILES string of the molecule is CCOC1(C2(COC3CCCCC3)CO2)OC1CC1CCCCC1. The molecule has 4 heteroatoms. The predicted molar refractivity (Wildman–Crippen MR) is 91.9 cm³/mol. The predicted octanol–water partition coefficient (Wildman–Crippen LogP) is 4.21. The minimum atomic E-state index is -0.520. The molecule has 138 valence electrons. The first-order valence-corrected chi connectivity index (χ1v) is 10.4. The van der Waals surface area contributed by atoms with Crippen molar-refractivity contribution >= 4 is 0 Å². The van der Waals surface area contributed by atoms with Crippen LogP contribution in [0.5, 0.6) is 0 Å². The highest BCUT2D eigenvalue weighted by Crippen LogP contribution is 2.57.